The fourth-order valence-corrected chi connectivity index (χ4v) is 2.09. The first-order chi connectivity index (χ1) is 14.3. The van der Waals surface area contributed by atoms with Crippen LogP contribution in [0.3, 0.4) is 0 Å². The Balaban J connectivity index is 0.000000300. The highest BCUT2D eigenvalue weighted by Crippen LogP contribution is 2.29. The van der Waals surface area contributed by atoms with Crippen molar-refractivity contribution in [3.05, 3.63) is 48.3 Å². The molecule has 0 aliphatic rings. The second-order valence-electron chi connectivity index (χ2n) is 5.93. The standard InChI is InChI=1S/C12H16O3.C9H10N2O4/c1-3-12(13)14-9-10(2)15-11-7-5-4-6-8-11;1-5(12)15-8-6(14-2)3-4-11-7(8)9(10)13/h4-8,10H,3,9H2,1-2H3;3-4H,1-2H3,(H2,10,13). The maximum atomic E-state index is 11.0. The Hall–Kier alpha value is -3.62. The molecule has 0 saturated heterocycles. The number of hydrogen-bond acceptors (Lipinski definition) is 8. The molecule has 9 nitrogen and oxygen atoms in total. The van der Waals surface area contributed by atoms with Crippen molar-refractivity contribution in [3.63, 3.8) is 0 Å². The Labute approximate surface area is 175 Å². The summed E-state index contributed by atoms with van der Waals surface area (Å²) in [5.74, 6) is -0.598. The van der Waals surface area contributed by atoms with E-state index in [0.717, 1.165) is 5.75 Å². The largest absolute Gasteiger partial charge is 0.493 e. The molecule has 0 saturated carbocycles. The number of nitrogens with zero attached hydrogens (tertiary/aromatic N) is 1. The van der Waals surface area contributed by atoms with E-state index in [1.165, 1.54) is 26.3 Å². The minimum absolute atomic E-state index is 0.0556. The fraction of sp³-hybridized carbons (Fsp3) is 0.333. The van der Waals surface area contributed by atoms with Crippen LogP contribution in [0, 0.1) is 0 Å². The van der Waals surface area contributed by atoms with Gasteiger partial charge < -0.3 is 24.7 Å². The molecule has 162 valence electrons. The van der Waals surface area contributed by atoms with Crippen molar-refractivity contribution in [3.8, 4) is 17.2 Å². The maximum absolute atomic E-state index is 11.0. The zero-order valence-electron chi connectivity index (χ0n) is 17.4. The predicted molar refractivity (Wildman–Crippen MR) is 108 cm³/mol. The summed E-state index contributed by atoms with van der Waals surface area (Å²) in [4.78, 5) is 36.4. The van der Waals surface area contributed by atoms with Crippen molar-refractivity contribution in [1.29, 1.82) is 0 Å². The Morgan fingerprint density at radius 3 is 2.33 bits per heavy atom. The van der Waals surface area contributed by atoms with Gasteiger partial charge in [0.1, 0.15) is 18.5 Å². The van der Waals surface area contributed by atoms with Gasteiger partial charge in [0.15, 0.2) is 11.4 Å². The molecule has 0 aliphatic heterocycles. The molecule has 30 heavy (non-hydrogen) atoms. The minimum atomic E-state index is -0.787. The molecule has 0 spiro atoms. The third-order valence-electron chi connectivity index (χ3n) is 3.42. The van der Waals surface area contributed by atoms with Gasteiger partial charge in [0.25, 0.3) is 5.91 Å². The molecule has 2 N–H and O–H groups in total. The van der Waals surface area contributed by atoms with E-state index in [1.807, 2.05) is 37.3 Å². The number of methoxy groups -OCH3 is 1. The van der Waals surface area contributed by atoms with Crippen LogP contribution in [0.4, 0.5) is 0 Å². The number of benzene rings is 1. The molecule has 0 aliphatic carbocycles. The van der Waals surface area contributed by atoms with Crippen LogP contribution in [0.5, 0.6) is 17.2 Å². The van der Waals surface area contributed by atoms with Crippen molar-refractivity contribution in [2.75, 3.05) is 13.7 Å². The SMILES string of the molecule is CCC(=O)OCC(C)Oc1ccccc1.COc1ccnc(C(N)=O)c1OC(C)=O. The van der Waals surface area contributed by atoms with Crippen molar-refractivity contribution in [2.24, 2.45) is 5.73 Å². The molecule has 1 heterocycles. The van der Waals surface area contributed by atoms with E-state index < -0.39 is 11.9 Å². The van der Waals surface area contributed by atoms with Crippen LogP contribution >= 0.6 is 0 Å². The quantitative estimate of drug-likeness (QED) is 0.648. The van der Waals surface area contributed by atoms with Crippen molar-refractivity contribution in [1.82, 2.24) is 4.98 Å². The van der Waals surface area contributed by atoms with Crippen molar-refractivity contribution in [2.45, 2.75) is 33.3 Å². The number of carbonyl (C=O) groups excluding carboxylic acids is 3. The van der Waals surface area contributed by atoms with Crippen LogP contribution in [0.15, 0.2) is 42.6 Å². The van der Waals surface area contributed by atoms with Gasteiger partial charge in [0.05, 0.1) is 7.11 Å². The number of primary amides is 1. The fourth-order valence-electron chi connectivity index (χ4n) is 2.09. The highest BCUT2D eigenvalue weighted by molar-refractivity contribution is 5.95. The summed E-state index contributed by atoms with van der Waals surface area (Å²) in [6.07, 6.45) is 1.62. The number of carbonyl (C=O) groups is 3. The molecular weight excluding hydrogens is 392 g/mol. The summed E-state index contributed by atoms with van der Waals surface area (Å²) in [5.41, 5.74) is 4.93. The number of para-hydroxylation sites is 1. The number of esters is 2. The van der Waals surface area contributed by atoms with Gasteiger partial charge in [-0.15, -0.1) is 0 Å². The molecule has 0 fully saturated rings. The van der Waals surface area contributed by atoms with Gasteiger partial charge in [-0.25, -0.2) is 4.98 Å². The van der Waals surface area contributed by atoms with E-state index in [0.29, 0.717) is 13.0 Å². The second-order valence-corrected chi connectivity index (χ2v) is 5.93. The lowest BCUT2D eigenvalue weighted by Crippen LogP contribution is -2.21. The molecule has 1 aromatic carbocycles. The average Bonchev–Trinajstić information content (AvgIpc) is 2.72. The van der Waals surface area contributed by atoms with E-state index in [9.17, 15) is 14.4 Å². The molecule has 9 heteroatoms. The molecule has 1 atom stereocenters. The predicted octanol–water partition coefficient (Wildman–Crippen LogP) is 2.52. The number of ether oxygens (including phenoxy) is 4. The summed E-state index contributed by atoms with van der Waals surface area (Å²) >= 11 is 0. The summed E-state index contributed by atoms with van der Waals surface area (Å²) in [5, 5.41) is 0. The molecule has 2 rings (SSSR count). The third kappa shape index (κ3) is 8.59. The molecule has 1 unspecified atom stereocenters. The lowest BCUT2D eigenvalue weighted by atomic mass is 10.3. The van der Waals surface area contributed by atoms with Crippen molar-refractivity contribution >= 4 is 17.8 Å². The number of pyridine rings is 1. The highest BCUT2D eigenvalue weighted by atomic mass is 16.6. The maximum Gasteiger partial charge on any atom is 0.308 e. The lowest BCUT2D eigenvalue weighted by molar-refractivity contribution is -0.145. The number of hydrogen-bond donors (Lipinski definition) is 1. The first-order valence-electron chi connectivity index (χ1n) is 9.17. The van der Waals surface area contributed by atoms with Crippen LogP contribution in [0.2, 0.25) is 0 Å². The van der Waals surface area contributed by atoms with Gasteiger partial charge in [0, 0.05) is 25.6 Å². The Bertz CT molecular complexity index is 841. The smallest absolute Gasteiger partial charge is 0.308 e. The van der Waals surface area contributed by atoms with Crippen LogP contribution in [-0.4, -0.2) is 42.7 Å². The Morgan fingerprint density at radius 1 is 1.13 bits per heavy atom. The number of amides is 1. The van der Waals surface area contributed by atoms with Gasteiger partial charge in [-0.1, -0.05) is 25.1 Å². The van der Waals surface area contributed by atoms with Crippen LogP contribution in [0.25, 0.3) is 0 Å². The third-order valence-corrected chi connectivity index (χ3v) is 3.42. The topological polar surface area (TPSA) is 127 Å². The first kappa shape index (κ1) is 24.4. The van der Waals surface area contributed by atoms with Gasteiger partial charge in [-0.05, 0) is 19.1 Å². The highest BCUT2D eigenvalue weighted by Gasteiger charge is 2.18. The summed E-state index contributed by atoms with van der Waals surface area (Å²) in [7, 11) is 1.38. The van der Waals surface area contributed by atoms with Crippen LogP contribution < -0.4 is 19.9 Å². The Morgan fingerprint density at radius 2 is 1.80 bits per heavy atom. The monoisotopic (exact) mass is 418 g/mol. The van der Waals surface area contributed by atoms with E-state index in [1.54, 1.807) is 6.92 Å². The van der Waals surface area contributed by atoms with E-state index in [4.69, 9.17) is 24.7 Å². The minimum Gasteiger partial charge on any atom is -0.493 e. The molecular formula is C21H26N2O7. The summed E-state index contributed by atoms with van der Waals surface area (Å²) in [6, 6.07) is 10.9. The molecule has 2 aromatic rings. The average molecular weight is 418 g/mol. The second kappa shape index (κ2) is 12.8. The molecule has 1 amide bonds. The van der Waals surface area contributed by atoms with Crippen LogP contribution in [-0.2, 0) is 14.3 Å². The molecule has 1 aromatic heterocycles. The number of rotatable bonds is 8. The molecule has 0 bridgehead atoms. The normalized spacial score (nSPS) is 10.7. The number of aromatic nitrogens is 1. The van der Waals surface area contributed by atoms with E-state index in [-0.39, 0.29) is 29.3 Å². The summed E-state index contributed by atoms with van der Waals surface area (Å²) < 4.78 is 20.2. The van der Waals surface area contributed by atoms with Gasteiger partial charge in [-0.3, -0.25) is 14.4 Å². The zero-order valence-corrected chi connectivity index (χ0v) is 17.4. The Kier molecular flexibility index (Phi) is 10.4. The van der Waals surface area contributed by atoms with Crippen molar-refractivity contribution < 1.29 is 33.3 Å². The first-order valence-corrected chi connectivity index (χ1v) is 9.17. The van der Waals surface area contributed by atoms with Crippen LogP contribution in [0.1, 0.15) is 37.7 Å². The van der Waals surface area contributed by atoms with E-state index >= 15 is 0 Å². The van der Waals surface area contributed by atoms with Gasteiger partial charge in [-0.2, -0.15) is 0 Å². The van der Waals surface area contributed by atoms with Gasteiger partial charge >= 0.3 is 11.9 Å². The van der Waals surface area contributed by atoms with Gasteiger partial charge in [0.2, 0.25) is 5.75 Å². The number of nitrogens with two attached hydrogens (primary N) is 1. The zero-order chi connectivity index (χ0) is 22.5. The molecule has 0 radical (unpaired) electrons. The summed E-state index contributed by atoms with van der Waals surface area (Å²) in [6.45, 7) is 5.14. The lowest BCUT2D eigenvalue weighted by Gasteiger charge is -2.14. The van der Waals surface area contributed by atoms with E-state index in [2.05, 4.69) is 4.98 Å².